The molecule has 1 aromatic rings. The van der Waals surface area contributed by atoms with E-state index in [0.717, 1.165) is 18.9 Å². The van der Waals surface area contributed by atoms with Crippen molar-refractivity contribution >= 4 is 29.9 Å². The van der Waals surface area contributed by atoms with E-state index in [1.54, 1.807) is 0 Å². The Kier molecular flexibility index (Phi) is 7.87. The van der Waals surface area contributed by atoms with Crippen molar-refractivity contribution < 1.29 is 0 Å². The van der Waals surface area contributed by atoms with E-state index in [1.807, 2.05) is 19.4 Å². The molecule has 20 heavy (non-hydrogen) atoms. The van der Waals surface area contributed by atoms with Crippen LogP contribution in [0.2, 0.25) is 0 Å². The normalized spacial score (nSPS) is 15.8. The minimum absolute atomic E-state index is 0. The van der Waals surface area contributed by atoms with Gasteiger partial charge in [-0.1, -0.05) is 12.8 Å². The lowest BCUT2D eigenvalue weighted by Gasteiger charge is -2.17. The second-order valence-electron chi connectivity index (χ2n) is 5.18. The summed E-state index contributed by atoms with van der Waals surface area (Å²) in [5.74, 6) is 0.929. The molecule has 1 aliphatic rings. The van der Waals surface area contributed by atoms with Gasteiger partial charge in [0.25, 0.3) is 0 Å². The predicted molar refractivity (Wildman–Crippen MR) is 94.8 cm³/mol. The van der Waals surface area contributed by atoms with Crippen LogP contribution in [0.3, 0.4) is 0 Å². The molecule has 1 aliphatic carbocycles. The van der Waals surface area contributed by atoms with Crippen LogP contribution in [0.15, 0.2) is 23.5 Å². The first-order chi connectivity index (χ1) is 9.29. The van der Waals surface area contributed by atoms with Gasteiger partial charge in [0.1, 0.15) is 0 Å². The number of aryl methyl sites for hydroxylation is 1. The van der Waals surface area contributed by atoms with E-state index >= 15 is 0 Å². The van der Waals surface area contributed by atoms with E-state index in [4.69, 9.17) is 0 Å². The molecule has 4 nitrogen and oxygen atoms in total. The summed E-state index contributed by atoms with van der Waals surface area (Å²) in [5, 5.41) is 6.88. The maximum atomic E-state index is 4.29. The number of aromatic nitrogens is 1. The molecule has 0 aliphatic heterocycles. The molecular weight excluding hydrogens is 363 g/mol. The molecule has 1 fully saturated rings. The SMILES string of the molecule is CN=C(NCCc1ccncc1C)NC1CCCC1.I. The first kappa shape index (κ1) is 17.2. The molecule has 0 atom stereocenters. The monoisotopic (exact) mass is 388 g/mol. The van der Waals surface area contributed by atoms with Crippen molar-refractivity contribution in [1.29, 1.82) is 0 Å². The first-order valence-corrected chi connectivity index (χ1v) is 7.16. The Bertz CT molecular complexity index is 428. The zero-order valence-corrected chi connectivity index (χ0v) is 14.7. The van der Waals surface area contributed by atoms with Crippen molar-refractivity contribution in [2.24, 2.45) is 4.99 Å². The number of rotatable bonds is 4. The van der Waals surface area contributed by atoms with Crippen LogP contribution in [0.1, 0.15) is 36.8 Å². The lowest BCUT2D eigenvalue weighted by atomic mass is 10.1. The molecule has 0 unspecified atom stereocenters. The van der Waals surface area contributed by atoms with Crippen molar-refractivity contribution in [3.63, 3.8) is 0 Å². The van der Waals surface area contributed by atoms with Crippen molar-refractivity contribution in [3.05, 3.63) is 29.6 Å². The summed E-state index contributed by atoms with van der Waals surface area (Å²) in [6.45, 7) is 3.01. The highest BCUT2D eigenvalue weighted by Crippen LogP contribution is 2.17. The molecule has 2 N–H and O–H groups in total. The van der Waals surface area contributed by atoms with Crippen LogP contribution < -0.4 is 10.6 Å². The standard InChI is InChI=1S/C15H24N4.HI/c1-12-11-17-9-7-13(12)8-10-18-15(16-2)19-14-5-3-4-6-14;/h7,9,11,14H,3-6,8,10H2,1-2H3,(H2,16,18,19);1H. The van der Waals surface area contributed by atoms with Crippen LogP contribution >= 0.6 is 24.0 Å². The minimum atomic E-state index is 0. The molecular formula is C15H25IN4. The number of halogens is 1. The number of guanidine groups is 1. The molecule has 0 saturated heterocycles. The summed E-state index contributed by atoms with van der Waals surface area (Å²) in [6, 6.07) is 2.69. The molecule has 0 aromatic carbocycles. The van der Waals surface area contributed by atoms with Gasteiger partial charge in [0, 0.05) is 32.0 Å². The van der Waals surface area contributed by atoms with Crippen LogP contribution in [0.25, 0.3) is 0 Å². The Hall–Kier alpha value is -0.850. The third-order valence-electron chi connectivity index (χ3n) is 3.74. The minimum Gasteiger partial charge on any atom is -0.356 e. The average Bonchev–Trinajstić information content (AvgIpc) is 2.92. The molecule has 1 heterocycles. The van der Waals surface area contributed by atoms with Crippen molar-refractivity contribution in [1.82, 2.24) is 15.6 Å². The van der Waals surface area contributed by atoms with Gasteiger partial charge in [-0.2, -0.15) is 0 Å². The van der Waals surface area contributed by atoms with Crippen LogP contribution in [-0.2, 0) is 6.42 Å². The lowest BCUT2D eigenvalue weighted by molar-refractivity contribution is 0.613. The summed E-state index contributed by atoms with van der Waals surface area (Å²) < 4.78 is 0. The number of hydrogen-bond acceptors (Lipinski definition) is 2. The van der Waals surface area contributed by atoms with Gasteiger partial charge in [0.15, 0.2) is 5.96 Å². The average molecular weight is 388 g/mol. The van der Waals surface area contributed by atoms with Gasteiger partial charge >= 0.3 is 0 Å². The van der Waals surface area contributed by atoms with Crippen LogP contribution in [0, 0.1) is 6.92 Å². The summed E-state index contributed by atoms with van der Waals surface area (Å²) in [4.78, 5) is 8.40. The van der Waals surface area contributed by atoms with E-state index in [1.165, 1.54) is 36.8 Å². The molecule has 0 radical (unpaired) electrons. The Balaban J connectivity index is 0.00000200. The zero-order valence-electron chi connectivity index (χ0n) is 12.4. The van der Waals surface area contributed by atoms with Gasteiger partial charge in [-0.3, -0.25) is 9.98 Å². The van der Waals surface area contributed by atoms with Gasteiger partial charge in [-0.25, -0.2) is 0 Å². The van der Waals surface area contributed by atoms with E-state index in [9.17, 15) is 0 Å². The fraction of sp³-hybridized carbons (Fsp3) is 0.600. The number of nitrogens with one attached hydrogen (secondary N) is 2. The van der Waals surface area contributed by atoms with Gasteiger partial charge in [0.2, 0.25) is 0 Å². The Labute approximate surface area is 138 Å². The summed E-state index contributed by atoms with van der Waals surface area (Å²) in [6.07, 6.45) is 9.98. The highest BCUT2D eigenvalue weighted by atomic mass is 127. The summed E-state index contributed by atoms with van der Waals surface area (Å²) in [7, 11) is 1.84. The summed E-state index contributed by atoms with van der Waals surface area (Å²) in [5.41, 5.74) is 2.60. The smallest absolute Gasteiger partial charge is 0.191 e. The van der Waals surface area contributed by atoms with Crippen molar-refractivity contribution in [2.75, 3.05) is 13.6 Å². The van der Waals surface area contributed by atoms with Gasteiger partial charge in [0.05, 0.1) is 0 Å². The number of aliphatic imine (C=N–C) groups is 1. The highest BCUT2D eigenvalue weighted by Gasteiger charge is 2.15. The predicted octanol–water partition coefficient (Wildman–Crippen LogP) is 2.66. The molecule has 112 valence electrons. The quantitative estimate of drug-likeness (QED) is 0.474. The zero-order chi connectivity index (χ0) is 13.5. The number of pyridine rings is 1. The van der Waals surface area contributed by atoms with E-state index in [2.05, 4.69) is 33.6 Å². The third-order valence-corrected chi connectivity index (χ3v) is 3.74. The third kappa shape index (κ3) is 5.26. The Morgan fingerprint density at radius 2 is 2.15 bits per heavy atom. The summed E-state index contributed by atoms with van der Waals surface area (Å²) >= 11 is 0. The van der Waals surface area contributed by atoms with Crippen LogP contribution in [0.4, 0.5) is 0 Å². The van der Waals surface area contributed by atoms with Crippen molar-refractivity contribution in [3.8, 4) is 0 Å². The topological polar surface area (TPSA) is 49.3 Å². The lowest BCUT2D eigenvalue weighted by Crippen LogP contribution is -2.43. The fourth-order valence-corrected chi connectivity index (χ4v) is 2.56. The maximum absolute atomic E-state index is 4.29. The highest BCUT2D eigenvalue weighted by molar-refractivity contribution is 14.0. The molecule has 2 rings (SSSR count). The van der Waals surface area contributed by atoms with Crippen LogP contribution in [0.5, 0.6) is 0 Å². The molecule has 0 bridgehead atoms. The molecule has 1 saturated carbocycles. The van der Waals surface area contributed by atoms with E-state index < -0.39 is 0 Å². The second-order valence-corrected chi connectivity index (χ2v) is 5.18. The molecule has 0 spiro atoms. The second kappa shape index (κ2) is 9.15. The molecule has 5 heteroatoms. The van der Waals surface area contributed by atoms with Gasteiger partial charge in [-0.15, -0.1) is 24.0 Å². The van der Waals surface area contributed by atoms with E-state index in [-0.39, 0.29) is 24.0 Å². The largest absolute Gasteiger partial charge is 0.356 e. The first-order valence-electron chi connectivity index (χ1n) is 7.16. The van der Waals surface area contributed by atoms with E-state index in [0.29, 0.717) is 6.04 Å². The van der Waals surface area contributed by atoms with Crippen LogP contribution in [-0.4, -0.2) is 30.6 Å². The van der Waals surface area contributed by atoms with Crippen molar-refractivity contribution in [2.45, 2.75) is 45.1 Å². The number of hydrogen-bond donors (Lipinski definition) is 2. The maximum Gasteiger partial charge on any atom is 0.191 e. The fourth-order valence-electron chi connectivity index (χ4n) is 2.56. The van der Waals surface area contributed by atoms with Gasteiger partial charge in [-0.05, 0) is 43.4 Å². The Morgan fingerprint density at radius 1 is 1.40 bits per heavy atom. The van der Waals surface area contributed by atoms with Gasteiger partial charge < -0.3 is 10.6 Å². The molecule has 1 aromatic heterocycles. The Morgan fingerprint density at radius 3 is 2.80 bits per heavy atom. The molecule has 0 amide bonds. The number of nitrogens with zero attached hydrogens (tertiary/aromatic N) is 2.